The molecule has 0 aromatic carbocycles. The first kappa shape index (κ1) is 11.5. The Labute approximate surface area is 86.8 Å². The lowest BCUT2D eigenvalue weighted by atomic mass is 10.2. The van der Waals surface area contributed by atoms with Gasteiger partial charge in [0.25, 0.3) is 0 Å². The van der Waals surface area contributed by atoms with E-state index < -0.39 is 0 Å². The van der Waals surface area contributed by atoms with Crippen molar-refractivity contribution >= 4 is 0 Å². The van der Waals surface area contributed by atoms with E-state index in [0.29, 0.717) is 18.6 Å². The van der Waals surface area contributed by atoms with Crippen LogP contribution in [0.1, 0.15) is 13.8 Å². The van der Waals surface area contributed by atoms with Crippen LogP contribution in [0.5, 0.6) is 0 Å². The van der Waals surface area contributed by atoms with Crippen LogP contribution in [-0.2, 0) is 4.74 Å². The maximum Gasteiger partial charge on any atom is 0.0619 e. The van der Waals surface area contributed by atoms with Gasteiger partial charge >= 0.3 is 0 Å². The first-order valence-corrected chi connectivity index (χ1v) is 5.23. The van der Waals surface area contributed by atoms with E-state index in [1.165, 1.54) is 0 Å². The number of ether oxygens (including phenoxy) is 1. The molecule has 0 aromatic rings. The lowest BCUT2D eigenvalue weighted by molar-refractivity contribution is -0.0179. The number of rotatable bonds is 4. The van der Waals surface area contributed by atoms with Gasteiger partial charge in [-0.3, -0.25) is 4.90 Å². The molecule has 0 saturated carbocycles. The Morgan fingerprint density at radius 2 is 2.50 bits per heavy atom. The predicted octanol–water partition coefficient (Wildman–Crippen LogP) is 0.318. The van der Waals surface area contributed by atoms with E-state index >= 15 is 0 Å². The van der Waals surface area contributed by atoms with Gasteiger partial charge in [0.2, 0.25) is 0 Å². The number of morpholine rings is 1. The summed E-state index contributed by atoms with van der Waals surface area (Å²) >= 11 is 0. The summed E-state index contributed by atoms with van der Waals surface area (Å²) in [6.45, 7) is 8.77. The summed E-state index contributed by atoms with van der Waals surface area (Å²) in [5.74, 6) is 2.58. The molecule has 1 saturated heterocycles. The van der Waals surface area contributed by atoms with Crippen LogP contribution in [0.25, 0.3) is 0 Å². The number of nitrogens with one attached hydrogen (secondary N) is 1. The second kappa shape index (κ2) is 6.02. The van der Waals surface area contributed by atoms with Crippen molar-refractivity contribution < 1.29 is 4.74 Å². The summed E-state index contributed by atoms with van der Waals surface area (Å²) in [6, 6.07) is 1.05. The van der Waals surface area contributed by atoms with Gasteiger partial charge in [-0.2, -0.15) is 0 Å². The molecule has 2 unspecified atom stereocenters. The van der Waals surface area contributed by atoms with Crippen LogP contribution in [0.3, 0.4) is 0 Å². The van der Waals surface area contributed by atoms with Crippen molar-refractivity contribution in [1.82, 2.24) is 10.2 Å². The fraction of sp³-hybridized carbons (Fsp3) is 0.818. The molecule has 0 radical (unpaired) electrons. The van der Waals surface area contributed by atoms with Gasteiger partial charge in [-0.05, 0) is 13.8 Å². The molecule has 1 rings (SSSR count). The fourth-order valence-corrected chi connectivity index (χ4v) is 1.87. The summed E-state index contributed by atoms with van der Waals surface area (Å²) in [7, 11) is 0. The molecule has 0 aliphatic carbocycles. The maximum absolute atomic E-state index is 5.39. The molecule has 80 valence electrons. The predicted molar refractivity (Wildman–Crippen MR) is 58.2 cm³/mol. The molecule has 1 aliphatic heterocycles. The molecule has 1 N–H and O–H groups in total. The highest BCUT2D eigenvalue weighted by atomic mass is 16.5. The molecule has 0 spiro atoms. The minimum atomic E-state index is 0.520. The minimum absolute atomic E-state index is 0.520. The third-order valence-corrected chi connectivity index (χ3v) is 2.65. The minimum Gasteiger partial charge on any atom is -0.379 e. The van der Waals surface area contributed by atoms with Crippen molar-refractivity contribution in [3.63, 3.8) is 0 Å². The summed E-state index contributed by atoms with van der Waals surface area (Å²) in [4.78, 5) is 2.47. The first-order valence-electron chi connectivity index (χ1n) is 5.23. The summed E-state index contributed by atoms with van der Waals surface area (Å²) in [5, 5.41) is 3.23. The van der Waals surface area contributed by atoms with Gasteiger partial charge in [0.1, 0.15) is 0 Å². The second-order valence-corrected chi connectivity index (χ2v) is 3.85. The van der Waals surface area contributed by atoms with Gasteiger partial charge in [0.15, 0.2) is 0 Å². The highest BCUT2D eigenvalue weighted by Gasteiger charge is 2.22. The number of terminal acetylenes is 1. The molecule has 1 aliphatic rings. The lowest BCUT2D eigenvalue weighted by Crippen LogP contribution is -2.51. The largest absolute Gasteiger partial charge is 0.379 e. The molecule has 0 bridgehead atoms. The van der Waals surface area contributed by atoms with Crippen LogP contribution in [0.15, 0.2) is 0 Å². The molecule has 3 nitrogen and oxygen atoms in total. The average molecular weight is 196 g/mol. The highest BCUT2D eigenvalue weighted by molar-refractivity contribution is 4.87. The Hall–Kier alpha value is -0.560. The Bertz CT molecular complexity index is 200. The Kier molecular flexibility index (Phi) is 4.95. The van der Waals surface area contributed by atoms with Crippen molar-refractivity contribution in [3.05, 3.63) is 0 Å². The molecule has 0 amide bonds. The van der Waals surface area contributed by atoms with Crippen molar-refractivity contribution in [3.8, 4) is 12.3 Å². The fourth-order valence-electron chi connectivity index (χ4n) is 1.87. The zero-order valence-electron chi connectivity index (χ0n) is 9.12. The maximum atomic E-state index is 5.39. The van der Waals surface area contributed by atoms with Gasteiger partial charge in [0.05, 0.1) is 19.8 Å². The van der Waals surface area contributed by atoms with Gasteiger partial charge in [-0.15, -0.1) is 6.42 Å². The van der Waals surface area contributed by atoms with E-state index in [0.717, 1.165) is 26.3 Å². The molecule has 14 heavy (non-hydrogen) atoms. The van der Waals surface area contributed by atoms with E-state index in [4.69, 9.17) is 11.2 Å². The van der Waals surface area contributed by atoms with E-state index in [-0.39, 0.29) is 0 Å². The smallest absolute Gasteiger partial charge is 0.0619 e. The molecular formula is C11H20N2O. The Balaban J connectivity index is 2.27. The number of nitrogens with zero attached hydrogens (tertiary/aromatic N) is 1. The number of hydrogen-bond acceptors (Lipinski definition) is 3. The Morgan fingerprint density at radius 3 is 3.14 bits per heavy atom. The van der Waals surface area contributed by atoms with E-state index in [1.54, 1.807) is 0 Å². The summed E-state index contributed by atoms with van der Waals surface area (Å²) in [5.41, 5.74) is 0. The van der Waals surface area contributed by atoms with E-state index in [1.807, 2.05) is 0 Å². The van der Waals surface area contributed by atoms with Crippen LogP contribution in [-0.4, -0.2) is 49.8 Å². The van der Waals surface area contributed by atoms with Crippen LogP contribution in [0.4, 0.5) is 0 Å². The van der Waals surface area contributed by atoms with Gasteiger partial charge < -0.3 is 10.1 Å². The Morgan fingerprint density at radius 1 is 1.71 bits per heavy atom. The normalized spacial score (nSPS) is 25.6. The van der Waals surface area contributed by atoms with Crippen molar-refractivity contribution in [2.75, 3.05) is 32.8 Å². The molecule has 1 heterocycles. The number of hydrogen-bond donors (Lipinski definition) is 1. The van der Waals surface area contributed by atoms with Crippen LogP contribution < -0.4 is 5.32 Å². The second-order valence-electron chi connectivity index (χ2n) is 3.85. The quantitative estimate of drug-likeness (QED) is 0.517. The molecule has 2 atom stereocenters. The topological polar surface area (TPSA) is 24.5 Å². The van der Waals surface area contributed by atoms with E-state index in [9.17, 15) is 0 Å². The molecule has 1 fully saturated rings. The lowest BCUT2D eigenvalue weighted by Gasteiger charge is -2.37. The molecular weight excluding hydrogens is 176 g/mol. The molecule has 0 aromatic heterocycles. The van der Waals surface area contributed by atoms with Gasteiger partial charge in [-0.1, -0.05) is 5.92 Å². The summed E-state index contributed by atoms with van der Waals surface area (Å²) < 4.78 is 5.39. The average Bonchev–Trinajstić information content (AvgIpc) is 2.18. The van der Waals surface area contributed by atoms with Crippen LogP contribution >= 0.6 is 0 Å². The first-order chi connectivity index (χ1) is 6.75. The third kappa shape index (κ3) is 3.30. The monoisotopic (exact) mass is 196 g/mol. The van der Waals surface area contributed by atoms with Crippen LogP contribution in [0.2, 0.25) is 0 Å². The molecule has 3 heteroatoms. The third-order valence-electron chi connectivity index (χ3n) is 2.65. The van der Waals surface area contributed by atoms with Gasteiger partial charge in [-0.25, -0.2) is 0 Å². The zero-order chi connectivity index (χ0) is 10.4. The standard InChI is InChI=1S/C11H20N2O/c1-4-5-12-8-10(2)13-6-7-14-9-11(13)3/h1,10-12H,5-9H2,2-3H3. The van der Waals surface area contributed by atoms with Crippen molar-refractivity contribution in [1.29, 1.82) is 0 Å². The van der Waals surface area contributed by atoms with Crippen molar-refractivity contribution in [2.24, 2.45) is 0 Å². The highest BCUT2D eigenvalue weighted by Crippen LogP contribution is 2.09. The van der Waals surface area contributed by atoms with Crippen molar-refractivity contribution in [2.45, 2.75) is 25.9 Å². The van der Waals surface area contributed by atoms with Gasteiger partial charge in [0, 0.05) is 25.2 Å². The van der Waals surface area contributed by atoms with Crippen LogP contribution in [0, 0.1) is 12.3 Å². The zero-order valence-corrected chi connectivity index (χ0v) is 9.12. The summed E-state index contributed by atoms with van der Waals surface area (Å²) in [6.07, 6.45) is 5.17. The SMILES string of the molecule is C#CCNCC(C)N1CCOCC1C. The van der Waals surface area contributed by atoms with E-state index in [2.05, 4.69) is 30.0 Å².